The molecule has 5 fully saturated rings. The van der Waals surface area contributed by atoms with Crippen LogP contribution in [0.15, 0.2) is 35.9 Å². The largest absolute Gasteiger partial charge is 0.377 e. The molecule has 8 heteroatoms. The lowest BCUT2D eigenvalue weighted by Crippen LogP contribution is -2.55. The number of likely N-dealkylation sites (N-methyl/N-ethyl adjacent to an activating group) is 1. The fourth-order valence-electron chi connectivity index (χ4n) is 9.93. The average molecular weight is 567 g/mol. The van der Waals surface area contributed by atoms with Crippen LogP contribution < -0.4 is 0 Å². The van der Waals surface area contributed by atoms with Gasteiger partial charge < -0.3 is 24.6 Å². The van der Waals surface area contributed by atoms with E-state index in [2.05, 4.69) is 28.8 Å². The highest BCUT2D eigenvalue weighted by Crippen LogP contribution is 2.69. The smallest absolute Gasteiger partial charge is 0.232 e. The van der Waals surface area contributed by atoms with Gasteiger partial charge >= 0.3 is 0 Å². The minimum absolute atomic E-state index is 0.0337. The van der Waals surface area contributed by atoms with Crippen molar-refractivity contribution in [1.82, 2.24) is 19.8 Å². The van der Waals surface area contributed by atoms with Crippen LogP contribution in [0.3, 0.4) is 0 Å². The van der Waals surface area contributed by atoms with Gasteiger partial charge in [-0.3, -0.25) is 14.4 Å². The third-order valence-corrected chi connectivity index (χ3v) is 12.0. The molecule has 2 saturated heterocycles. The van der Waals surface area contributed by atoms with E-state index in [0.29, 0.717) is 31.0 Å². The number of allylic oxidation sites excluding steroid dienone is 4. The number of likely N-dealkylation sites (tertiary alicyclic amines) is 2. The zero-order chi connectivity index (χ0) is 29.6. The Morgan fingerprint density at radius 1 is 0.929 bits per heavy atom. The van der Waals surface area contributed by atoms with Crippen LogP contribution in [-0.4, -0.2) is 63.7 Å². The normalized spacial score (nSPS) is 37.5. The van der Waals surface area contributed by atoms with Gasteiger partial charge in [-0.1, -0.05) is 13.8 Å². The topological polar surface area (TPSA) is 106 Å². The van der Waals surface area contributed by atoms with Crippen LogP contribution in [0.5, 0.6) is 0 Å². The molecule has 8 nitrogen and oxygen atoms in total. The minimum atomic E-state index is -0.494. The number of ketones is 2. The Morgan fingerprint density at radius 3 is 2.00 bits per heavy atom. The van der Waals surface area contributed by atoms with E-state index in [1.807, 2.05) is 44.1 Å². The van der Waals surface area contributed by atoms with Crippen molar-refractivity contribution in [2.45, 2.75) is 70.6 Å². The Balaban J connectivity index is 0.000000142. The first-order valence-corrected chi connectivity index (χ1v) is 15.3. The summed E-state index contributed by atoms with van der Waals surface area (Å²) in [6.45, 7) is 9.92. The summed E-state index contributed by atoms with van der Waals surface area (Å²) >= 11 is 0. The van der Waals surface area contributed by atoms with E-state index < -0.39 is 5.41 Å². The summed E-state index contributed by atoms with van der Waals surface area (Å²) in [4.78, 5) is 59.8. The minimum Gasteiger partial charge on any atom is -0.377 e. The zero-order valence-corrected chi connectivity index (χ0v) is 25.0. The molecule has 0 bridgehead atoms. The highest BCUT2D eigenvalue weighted by atomic mass is 16.2. The fourth-order valence-corrected chi connectivity index (χ4v) is 9.93. The van der Waals surface area contributed by atoms with Crippen LogP contribution in [0.25, 0.3) is 0 Å². The molecule has 3 saturated carbocycles. The Labute approximate surface area is 245 Å². The van der Waals surface area contributed by atoms with Crippen molar-refractivity contribution in [2.75, 3.05) is 20.1 Å². The molecule has 42 heavy (non-hydrogen) atoms. The van der Waals surface area contributed by atoms with Gasteiger partial charge in [0.05, 0.1) is 11.4 Å². The second-order valence-electron chi connectivity index (χ2n) is 14.5. The van der Waals surface area contributed by atoms with E-state index in [9.17, 15) is 19.2 Å². The Morgan fingerprint density at radius 2 is 1.45 bits per heavy atom. The van der Waals surface area contributed by atoms with Crippen molar-refractivity contribution >= 4 is 23.8 Å². The van der Waals surface area contributed by atoms with Crippen LogP contribution in [-0.2, 0) is 20.4 Å². The van der Waals surface area contributed by atoms with Crippen molar-refractivity contribution in [1.29, 1.82) is 0 Å². The molecular weight excluding hydrogens is 528 g/mol. The maximum absolute atomic E-state index is 13.4. The molecule has 4 unspecified atom stereocenters. The number of fused-ring (bicyclic) bond motifs is 2. The van der Waals surface area contributed by atoms with E-state index >= 15 is 0 Å². The van der Waals surface area contributed by atoms with Crippen LogP contribution in [0.4, 0.5) is 0 Å². The fraction of sp³-hybridized carbons (Fsp3) is 0.529. The van der Waals surface area contributed by atoms with Crippen molar-refractivity contribution in [3.63, 3.8) is 0 Å². The van der Waals surface area contributed by atoms with Crippen molar-refractivity contribution in [3.8, 4) is 0 Å². The Kier molecular flexibility index (Phi) is 4.84. The summed E-state index contributed by atoms with van der Waals surface area (Å²) in [7, 11) is 2.10. The first kappa shape index (κ1) is 26.0. The predicted molar refractivity (Wildman–Crippen MR) is 156 cm³/mol. The van der Waals surface area contributed by atoms with Crippen LogP contribution in [0.2, 0.25) is 0 Å². The Hall–Kier alpha value is -3.68. The predicted octanol–water partition coefficient (Wildman–Crippen LogP) is 4.51. The summed E-state index contributed by atoms with van der Waals surface area (Å²) < 4.78 is 0. The van der Waals surface area contributed by atoms with Crippen LogP contribution >= 0.6 is 0 Å². The third-order valence-electron chi connectivity index (χ3n) is 12.0. The molecule has 0 radical (unpaired) electrons. The molecule has 4 atom stereocenters. The Bertz CT molecular complexity index is 1700. The zero-order valence-electron chi connectivity index (χ0n) is 25.0. The molecule has 5 aliphatic carbocycles. The highest BCUT2D eigenvalue weighted by molar-refractivity contribution is 6.09. The number of nitrogens with one attached hydrogen (secondary N) is 2. The van der Waals surface area contributed by atoms with Gasteiger partial charge in [-0.25, -0.2) is 0 Å². The van der Waals surface area contributed by atoms with Crippen LogP contribution in [0, 0.1) is 36.5 Å². The highest BCUT2D eigenvalue weighted by Gasteiger charge is 2.70. The number of nitrogens with zero attached hydrogens (tertiary/aromatic N) is 2. The molecule has 2 spiro atoms. The number of carbonyl (C=O) groups is 4. The SMILES string of the molecule is CCC1(C=O)CC(C)(C(=O)N2CC3CC34C2=CC(=O)c2[nH]cc(C)c24)C1.Cc1c[nH]c2c1C13CC1CN(C)C3=CC2=O. The molecule has 2 aromatic heterocycles. The van der Waals surface area contributed by atoms with Gasteiger partial charge in [0.15, 0.2) is 0 Å². The number of hydrogen-bond donors (Lipinski definition) is 2. The van der Waals surface area contributed by atoms with Gasteiger partial charge in [0.25, 0.3) is 0 Å². The number of piperidine rings is 2. The molecule has 218 valence electrons. The molecule has 2 aliphatic heterocycles. The number of H-pyrrole nitrogens is 2. The van der Waals surface area contributed by atoms with Gasteiger partial charge in [0, 0.05) is 77.7 Å². The summed E-state index contributed by atoms with van der Waals surface area (Å²) in [6.07, 6.45) is 12.7. The number of amides is 1. The molecule has 1 amide bonds. The van der Waals surface area contributed by atoms with Gasteiger partial charge in [-0.05, 0) is 80.0 Å². The quantitative estimate of drug-likeness (QED) is 0.532. The second-order valence-corrected chi connectivity index (χ2v) is 14.5. The maximum Gasteiger partial charge on any atom is 0.232 e. The second kappa shape index (κ2) is 7.82. The maximum atomic E-state index is 13.4. The first-order chi connectivity index (χ1) is 19.9. The lowest BCUT2D eigenvalue weighted by molar-refractivity contribution is -0.156. The first-order valence-electron chi connectivity index (χ1n) is 15.3. The summed E-state index contributed by atoms with van der Waals surface area (Å²) in [5.41, 5.74) is 7.63. The number of aromatic nitrogens is 2. The molecule has 9 rings (SSSR count). The lowest BCUT2D eigenvalue weighted by Gasteiger charge is -2.52. The molecular formula is C34H38N4O4. The van der Waals surface area contributed by atoms with Crippen molar-refractivity contribution < 1.29 is 19.2 Å². The molecule has 0 aromatic carbocycles. The van der Waals surface area contributed by atoms with Crippen LogP contribution in [0.1, 0.15) is 89.2 Å². The van der Waals surface area contributed by atoms with E-state index in [4.69, 9.17) is 0 Å². The number of aryl methyl sites for hydroxylation is 2. The number of rotatable bonds is 3. The average Bonchev–Trinajstić information content (AvgIpc) is 3.55. The van der Waals surface area contributed by atoms with E-state index in [0.717, 1.165) is 54.1 Å². The molecule has 2 aromatic rings. The van der Waals surface area contributed by atoms with Crippen molar-refractivity contribution in [3.05, 3.63) is 69.6 Å². The molecule has 7 aliphatic rings. The summed E-state index contributed by atoms with van der Waals surface area (Å²) in [5.74, 6) is 1.33. The summed E-state index contributed by atoms with van der Waals surface area (Å²) in [6, 6.07) is 0. The van der Waals surface area contributed by atoms with Gasteiger partial charge in [-0.2, -0.15) is 0 Å². The molecule has 2 N–H and O–H groups in total. The summed E-state index contributed by atoms with van der Waals surface area (Å²) in [5, 5.41) is 0. The van der Waals surface area contributed by atoms with Gasteiger partial charge in [0.1, 0.15) is 6.29 Å². The number of aromatic amines is 2. The van der Waals surface area contributed by atoms with Gasteiger partial charge in [-0.15, -0.1) is 0 Å². The number of aldehydes is 1. The van der Waals surface area contributed by atoms with Gasteiger partial charge in [0.2, 0.25) is 17.5 Å². The lowest BCUT2D eigenvalue weighted by atomic mass is 9.52. The van der Waals surface area contributed by atoms with Crippen molar-refractivity contribution in [2.24, 2.45) is 22.7 Å². The van der Waals surface area contributed by atoms with E-state index in [-0.39, 0.29) is 33.7 Å². The standard InChI is InChI=1S/C21H24N2O3.C13H14N2O/c1-4-20(11-24)9-19(3,10-20)18(26)23-8-13-6-21(13)15(23)5-14(25)17-16(21)12(2)7-22-17;1-7-5-14-12-9(16)3-10-13(11(7)12)4-8(13)6-15(10)2/h5,7,11,13,22H,4,6,8-10H2,1-3H3;3,5,8,14H,4,6H2,1-2H3. The number of hydrogen-bond acceptors (Lipinski definition) is 5. The molecule has 4 heterocycles. The number of carbonyl (C=O) groups excluding carboxylic acids is 4. The van der Waals surface area contributed by atoms with E-state index in [1.54, 1.807) is 6.08 Å². The third kappa shape index (κ3) is 2.93. The van der Waals surface area contributed by atoms with E-state index in [1.165, 1.54) is 23.2 Å². The monoisotopic (exact) mass is 566 g/mol.